The molecule has 0 unspecified atom stereocenters. The van der Waals surface area contributed by atoms with E-state index in [2.05, 4.69) is 192 Å². The molecule has 0 amide bonds. The van der Waals surface area contributed by atoms with Crippen LogP contribution in [0.25, 0.3) is 41.7 Å². The highest BCUT2D eigenvalue weighted by molar-refractivity contribution is 7.26. The van der Waals surface area contributed by atoms with Gasteiger partial charge in [0.2, 0.25) is 0 Å². The van der Waals surface area contributed by atoms with E-state index in [1.165, 1.54) is 47.4 Å². The van der Waals surface area contributed by atoms with Gasteiger partial charge in [0.15, 0.2) is 0 Å². The zero-order valence-electron chi connectivity index (χ0n) is 25.6. The van der Waals surface area contributed by atoms with Gasteiger partial charge in [0.1, 0.15) is 0 Å². The Balaban J connectivity index is 1.25. The van der Waals surface area contributed by atoms with E-state index >= 15 is 0 Å². The number of thiophene rings is 1. The summed E-state index contributed by atoms with van der Waals surface area (Å²) in [5.74, 6) is 0. The fourth-order valence-corrected chi connectivity index (χ4v) is 8.06. The fraction of sp³-hybridized carbons (Fsp3) is 0. The van der Waals surface area contributed by atoms with Gasteiger partial charge in [-0.05, 0) is 94.3 Å². The van der Waals surface area contributed by atoms with Crippen molar-refractivity contribution in [2.24, 2.45) is 0 Å². The van der Waals surface area contributed by atoms with E-state index in [-0.39, 0.29) is 0 Å². The summed E-state index contributed by atoms with van der Waals surface area (Å²) in [7, 11) is 0. The Morgan fingerprint density at radius 3 is 1.55 bits per heavy atom. The average molecular weight is 619 g/mol. The molecule has 0 aliphatic heterocycles. The van der Waals surface area contributed by atoms with Crippen LogP contribution < -0.4 is 9.80 Å². The predicted octanol–water partition coefficient (Wildman–Crippen LogP) is 13.3. The van der Waals surface area contributed by atoms with E-state index in [1.807, 2.05) is 11.3 Å². The van der Waals surface area contributed by atoms with Gasteiger partial charge in [-0.2, -0.15) is 0 Å². The second-order valence-corrected chi connectivity index (χ2v) is 12.9. The second kappa shape index (κ2) is 11.5. The molecule has 0 fully saturated rings. The van der Waals surface area contributed by atoms with E-state index in [1.54, 1.807) is 0 Å². The van der Waals surface area contributed by atoms with Gasteiger partial charge in [0.05, 0.1) is 10.4 Å². The highest BCUT2D eigenvalue weighted by atomic mass is 32.1. The molecule has 0 spiro atoms. The van der Waals surface area contributed by atoms with E-state index in [9.17, 15) is 0 Å². The fourth-order valence-electron chi connectivity index (χ4n) is 6.84. The SMILES string of the molecule is c1ccc(N(c2ccccc2)c2cccc(N(c3ccccc3)c3cccc4c3sc3cc5c(ccc6ccccc65)cc34)c2)cc1. The lowest BCUT2D eigenvalue weighted by molar-refractivity contribution is 1.26. The number of nitrogens with zero attached hydrogens (tertiary/aromatic N) is 2. The number of para-hydroxylation sites is 3. The molecule has 0 aliphatic rings. The van der Waals surface area contributed by atoms with Crippen LogP contribution in [0.2, 0.25) is 0 Å². The highest BCUT2D eigenvalue weighted by Crippen LogP contribution is 2.47. The van der Waals surface area contributed by atoms with Crippen LogP contribution in [0.4, 0.5) is 34.1 Å². The number of benzene rings is 8. The molecular formula is C44H30N2S. The maximum Gasteiger partial charge on any atom is 0.0640 e. The van der Waals surface area contributed by atoms with Crippen LogP contribution in [-0.2, 0) is 0 Å². The predicted molar refractivity (Wildman–Crippen MR) is 204 cm³/mol. The van der Waals surface area contributed by atoms with Gasteiger partial charge in [0, 0.05) is 43.9 Å². The van der Waals surface area contributed by atoms with Crippen molar-refractivity contribution in [1.29, 1.82) is 0 Å². The topological polar surface area (TPSA) is 6.48 Å². The van der Waals surface area contributed by atoms with E-state index in [0.717, 1.165) is 28.4 Å². The molecule has 47 heavy (non-hydrogen) atoms. The minimum Gasteiger partial charge on any atom is -0.310 e. The molecule has 0 bridgehead atoms. The van der Waals surface area contributed by atoms with Crippen molar-refractivity contribution in [1.82, 2.24) is 0 Å². The van der Waals surface area contributed by atoms with Gasteiger partial charge < -0.3 is 9.80 Å². The van der Waals surface area contributed by atoms with Gasteiger partial charge in [-0.1, -0.05) is 109 Å². The first-order valence-electron chi connectivity index (χ1n) is 15.9. The lowest BCUT2D eigenvalue weighted by atomic mass is 10.00. The Morgan fingerprint density at radius 2 is 0.851 bits per heavy atom. The summed E-state index contributed by atoms with van der Waals surface area (Å²) in [4.78, 5) is 4.73. The van der Waals surface area contributed by atoms with Crippen LogP contribution in [0.15, 0.2) is 182 Å². The monoisotopic (exact) mass is 618 g/mol. The normalized spacial score (nSPS) is 11.4. The number of hydrogen-bond acceptors (Lipinski definition) is 3. The van der Waals surface area contributed by atoms with E-state index < -0.39 is 0 Å². The lowest BCUT2D eigenvalue weighted by Gasteiger charge is -2.29. The van der Waals surface area contributed by atoms with Crippen molar-refractivity contribution in [2.75, 3.05) is 9.80 Å². The maximum absolute atomic E-state index is 2.41. The lowest BCUT2D eigenvalue weighted by Crippen LogP contribution is -2.13. The van der Waals surface area contributed by atoms with Crippen molar-refractivity contribution in [3.05, 3.63) is 182 Å². The molecule has 0 saturated heterocycles. The Morgan fingerprint density at radius 1 is 0.319 bits per heavy atom. The van der Waals surface area contributed by atoms with E-state index in [0.29, 0.717) is 0 Å². The number of rotatable bonds is 6. The van der Waals surface area contributed by atoms with Gasteiger partial charge >= 0.3 is 0 Å². The van der Waals surface area contributed by atoms with Crippen molar-refractivity contribution < 1.29 is 0 Å². The van der Waals surface area contributed by atoms with Crippen LogP contribution in [0.3, 0.4) is 0 Å². The molecule has 3 heteroatoms. The molecule has 0 atom stereocenters. The molecule has 222 valence electrons. The molecule has 1 heterocycles. The third-order valence-electron chi connectivity index (χ3n) is 8.97. The Labute approximate surface area is 278 Å². The summed E-state index contributed by atoms with van der Waals surface area (Å²) in [6.45, 7) is 0. The Kier molecular flexibility index (Phi) is 6.69. The number of anilines is 6. The van der Waals surface area contributed by atoms with Crippen molar-refractivity contribution in [2.45, 2.75) is 0 Å². The first-order chi connectivity index (χ1) is 23.3. The van der Waals surface area contributed by atoms with Gasteiger partial charge in [-0.25, -0.2) is 0 Å². The smallest absolute Gasteiger partial charge is 0.0640 e. The summed E-state index contributed by atoms with van der Waals surface area (Å²) in [5.41, 5.74) is 6.74. The molecule has 0 radical (unpaired) electrons. The van der Waals surface area contributed by atoms with Crippen LogP contribution in [0.5, 0.6) is 0 Å². The largest absolute Gasteiger partial charge is 0.310 e. The molecule has 0 N–H and O–H groups in total. The molecule has 0 aliphatic carbocycles. The second-order valence-electron chi connectivity index (χ2n) is 11.8. The third kappa shape index (κ3) is 4.80. The van der Waals surface area contributed by atoms with Crippen LogP contribution in [0.1, 0.15) is 0 Å². The first kappa shape index (κ1) is 27.4. The summed E-state index contributed by atoms with van der Waals surface area (Å²) >= 11 is 1.88. The van der Waals surface area contributed by atoms with Gasteiger partial charge in [-0.3, -0.25) is 0 Å². The van der Waals surface area contributed by atoms with Crippen LogP contribution in [-0.4, -0.2) is 0 Å². The zero-order chi connectivity index (χ0) is 31.2. The minimum atomic E-state index is 1.10. The van der Waals surface area contributed by atoms with E-state index in [4.69, 9.17) is 0 Å². The Bertz CT molecular complexity index is 2480. The van der Waals surface area contributed by atoms with Crippen LogP contribution >= 0.6 is 11.3 Å². The maximum atomic E-state index is 2.41. The van der Waals surface area contributed by atoms with Crippen molar-refractivity contribution in [3.8, 4) is 0 Å². The summed E-state index contributed by atoms with van der Waals surface area (Å²) in [5, 5.41) is 7.74. The minimum absolute atomic E-state index is 1.10. The summed E-state index contributed by atoms with van der Waals surface area (Å²) in [6.07, 6.45) is 0. The summed E-state index contributed by atoms with van der Waals surface area (Å²) in [6, 6.07) is 65.5. The standard InChI is InChI=1S/C44H30N2S/c1-4-15-33(16-5-1)45(34-17-6-2-7-18-34)36-21-12-22-37(29-36)46(35-19-8-3-9-20-35)42-25-13-24-39-41-28-32-27-26-31-14-10-11-23-38(31)40(32)30-43(41)47-44(39)42/h1-30H. The molecule has 8 aromatic carbocycles. The van der Waals surface area contributed by atoms with Crippen molar-refractivity contribution >= 4 is 87.2 Å². The third-order valence-corrected chi connectivity index (χ3v) is 10.2. The van der Waals surface area contributed by atoms with Gasteiger partial charge in [-0.15, -0.1) is 11.3 Å². The molecule has 1 aromatic heterocycles. The Hall–Kier alpha value is -5.90. The summed E-state index contributed by atoms with van der Waals surface area (Å²) < 4.78 is 2.58. The molecule has 0 saturated carbocycles. The number of fused-ring (bicyclic) bond motifs is 6. The molecule has 9 rings (SSSR count). The quantitative estimate of drug-likeness (QED) is 0.171. The zero-order valence-corrected chi connectivity index (χ0v) is 26.4. The average Bonchev–Trinajstić information content (AvgIpc) is 3.51. The molecule has 9 aromatic rings. The van der Waals surface area contributed by atoms with Crippen LogP contribution in [0, 0.1) is 0 Å². The van der Waals surface area contributed by atoms with Gasteiger partial charge in [0.25, 0.3) is 0 Å². The molecular weight excluding hydrogens is 589 g/mol. The molecule has 2 nitrogen and oxygen atoms in total. The highest BCUT2D eigenvalue weighted by Gasteiger charge is 2.20. The first-order valence-corrected chi connectivity index (χ1v) is 16.8. The number of hydrogen-bond donors (Lipinski definition) is 0. The van der Waals surface area contributed by atoms with Crippen molar-refractivity contribution in [3.63, 3.8) is 0 Å².